The molecular weight excluding hydrogens is 211 g/mol. The van der Waals surface area contributed by atoms with Crippen LogP contribution in [0.1, 0.15) is 19.3 Å². The average Bonchev–Trinajstić information content (AvgIpc) is 2.61. The van der Waals surface area contributed by atoms with Crippen molar-refractivity contribution in [3.63, 3.8) is 0 Å². The van der Waals surface area contributed by atoms with Gasteiger partial charge in [0, 0.05) is 13.2 Å². The van der Waals surface area contributed by atoms with Crippen LogP contribution in [0.25, 0.3) is 0 Å². The summed E-state index contributed by atoms with van der Waals surface area (Å²) in [5.41, 5.74) is 0. The normalized spacial score (nSPS) is 22.2. The van der Waals surface area contributed by atoms with Crippen molar-refractivity contribution in [2.75, 3.05) is 26.3 Å². The second kappa shape index (κ2) is 6.30. The van der Waals surface area contributed by atoms with Gasteiger partial charge < -0.3 is 10.1 Å². The van der Waals surface area contributed by atoms with Gasteiger partial charge >= 0.3 is 6.36 Å². The molecule has 1 fully saturated rings. The van der Waals surface area contributed by atoms with Crippen molar-refractivity contribution in [2.45, 2.75) is 31.7 Å². The highest BCUT2D eigenvalue weighted by atomic mass is 19.4. The largest absolute Gasteiger partial charge is 0.522 e. The molecule has 0 spiro atoms. The van der Waals surface area contributed by atoms with Crippen LogP contribution in [0.4, 0.5) is 13.2 Å². The van der Waals surface area contributed by atoms with Crippen LogP contribution in [0.2, 0.25) is 0 Å². The molecule has 0 aromatic carbocycles. The first-order chi connectivity index (χ1) is 7.08. The molecule has 0 aromatic heterocycles. The minimum absolute atomic E-state index is 0.215. The van der Waals surface area contributed by atoms with E-state index in [1.807, 2.05) is 0 Å². The summed E-state index contributed by atoms with van der Waals surface area (Å²) >= 11 is 0. The zero-order valence-corrected chi connectivity index (χ0v) is 8.48. The summed E-state index contributed by atoms with van der Waals surface area (Å²) in [6.45, 7) is 1.36. The van der Waals surface area contributed by atoms with Crippen LogP contribution in [0.5, 0.6) is 0 Å². The molecule has 0 aliphatic carbocycles. The Morgan fingerprint density at radius 2 is 2.13 bits per heavy atom. The number of nitrogens with one attached hydrogen (secondary N) is 1. The molecule has 1 saturated heterocycles. The van der Waals surface area contributed by atoms with Gasteiger partial charge in [0.2, 0.25) is 0 Å². The van der Waals surface area contributed by atoms with Crippen molar-refractivity contribution in [1.82, 2.24) is 5.32 Å². The highest BCUT2D eigenvalue weighted by molar-refractivity contribution is 4.65. The van der Waals surface area contributed by atoms with Gasteiger partial charge in [-0.2, -0.15) is 0 Å². The van der Waals surface area contributed by atoms with E-state index in [2.05, 4.69) is 10.1 Å². The minimum Gasteiger partial charge on any atom is -0.378 e. The molecule has 3 nitrogen and oxygen atoms in total. The lowest BCUT2D eigenvalue weighted by atomic mass is 10.2. The van der Waals surface area contributed by atoms with Crippen molar-refractivity contribution in [2.24, 2.45) is 0 Å². The Labute approximate surface area is 86.9 Å². The van der Waals surface area contributed by atoms with Gasteiger partial charge in [-0.1, -0.05) is 0 Å². The monoisotopic (exact) mass is 227 g/mol. The van der Waals surface area contributed by atoms with E-state index in [0.717, 1.165) is 25.9 Å². The Balaban J connectivity index is 1.84. The second-order valence-corrected chi connectivity index (χ2v) is 3.47. The van der Waals surface area contributed by atoms with Gasteiger partial charge in [0.05, 0.1) is 12.7 Å². The zero-order valence-electron chi connectivity index (χ0n) is 8.48. The summed E-state index contributed by atoms with van der Waals surface area (Å²) in [6.07, 6.45) is -1.24. The topological polar surface area (TPSA) is 30.5 Å². The fraction of sp³-hybridized carbons (Fsp3) is 1.00. The lowest BCUT2D eigenvalue weighted by Crippen LogP contribution is -2.26. The van der Waals surface area contributed by atoms with Crippen molar-refractivity contribution in [3.8, 4) is 0 Å². The summed E-state index contributed by atoms with van der Waals surface area (Å²) in [7, 11) is 0. The van der Waals surface area contributed by atoms with Crippen molar-refractivity contribution >= 4 is 0 Å². The van der Waals surface area contributed by atoms with E-state index in [-0.39, 0.29) is 19.3 Å². The molecule has 1 aliphatic rings. The maximum absolute atomic E-state index is 11.5. The van der Waals surface area contributed by atoms with Crippen LogP contribution in [-0.2, 0) is 9.47 Å². The predicted octanol–water partition coefficient (Wildman–Crippen LogP) is 1.68. The zero-order chi connectivity index (χ0) is 11.1. The van der Waals surface area contributed by atoms with E-state index in [9.17, 15) is 13.2 Å². The third-order valence-electron chi connectivity index (χ3n) is 2.21. The quantitative estimate of drug-likeness (QED) is 0.700. The van der Waals surface area contributed by atoms with E-state index < -0.39 is 6.36 Å². The average molecular weight is 227 g/mol. The molecule has 1 unspecified atom stereocenters. The molecule has 1 rings (SSSR count). The van der Waals surface area contributed by atoms with Crippen molar-refractivity contribution in [1.29, 1.82) is 0 Å². The second-order valence-electron chi connectivity index (χ2n) is 3.47. The van der Waals surface area contributed by atoms with Gasteiger partial charge in [-0.15, -0.1) is 13.2 Å². The lowest BCUT2D eigenvalue weighted by molar-refractivity contribution is -0.323. The fourth-order valence-electron chi connectivity index (χ4n) is 1.50. The van der Waals surface area contributed by atoms with Crippen LogP contribution in [0.3, 0.4) is 0 Å². The van der Waals surface area contributed by atoms with Crippen LogP contribution in [0.15, 0.2) is 0 Å². The number of hydrogen-bond donors (Lipinski definition) is 1. The predicted molar refractivity (Wildman–Crippen MR) is 48.5 cm³/mol. The van der Waals surface area contributed by atoms with Crippen molar-refractivity contribution in [3.05, 3.63) is 0 Å². The molecule has 1 heterocycles. The molecule has 0 saturated carbocycles. The molecule has 15 heavy (non-hydrogen) atoms. The molecule has 90 valence electrons. The Bertz CT molecular complexity index is 169. The number of rotatable bonds is 6. The Kier molecular flexibility index (Phi) is 5.35. The van der Waals surface area contributed by atoms with Crippen LogP contribution in [0, 0.1) is 0 Å². The van der Waals surface area contributed by atoms with Gasteiger partial charge in [0.15, 0.2) is 0 Å². The number of hydrogen-bond acceptors (Lipinski definition) is 3. The first-order valence-electron chi connectivity index (χ1n) is 5.11. The molecular formula is C9H16F3NO2. The molecule has 1 atom stereocenters. The van der Waals surface area contributed by atoms with Crippen molar-refractivity contribution < 1.29 is 22.6 Å². The van der Waals surface area contributed by atoms with E-state index >= 15 is 0 Å². The highest BCUT2D eigenvalue weighted by Gasteiger charge is 2.28. The molecule has 0 amide bonds. The third kappa shape index (κ3) is 6.70. The van der Waals surface area contributed by atoms with E-state index in [1.54, 1.807) is 0 Å². The minimum atomic E-state index is -4.52. The Morgan fingerprint density at radius 1 is 1.33 bits per heavy atom. The summed E-state index contributed by atoms with van der Waals surface area (Å²) in [5.74, 6) is 0. The van der Waals surface area contributed by atoms with Gasteiger partial charge in [-0.3, -0.25) is 4.74 Å². The first-order valence-corrected chi connectivity index (χ1v) is 5.11. The fourth-order valence-corrected chi connectivity index (χ4v) is 1.50. The SMILES string of the molecule is FC(F)(F)OCCNCCC1CCCO1. The number of alkyl halides is 3. The van der Waals surface area contributed by atoms with Crippen LogP contribution >= 0.6 is 0 Å². The van der Waals surface area contributed by atoms with Gasteiger partial charge in [0.1, 0.15) is 0 Å². The molecule has 0 radical (unpaired) electrons. The van der Waals surface area contributed by atoms with E-state index in [0.29, 0.717) is 6.54 Å². The van der Waals surface area contributed by atoms with E-state index in [1.165, 1.54) is 0 Å². The Hall–Kier alpha value is -0.330. The molecule has 0 aromatic rings. The van der Waals surface area contributed by atoms with Gasteiger partial charge in [-0.25, -0.2) is 0 Å². The maximum Gasteiger partial charge on any atom is 0.522 e. The molecule has 1 aliphatic heterocycles. The summed E-state index contributed by atoms with van der Waals surface area (Å²) in [6, 6.07) is 0. The number of halogens is 3. The summed E-state index contributed by atoms with van der Waals surface area (Å²) in [5, 5.41) is 2.88. The van der Waals surface area contributed by atoms with Crippen LogP contribution < -0.4 is 5.32 Å². The summed E-state index contributed by atoms with van der Waals surface area (Å²) < 4.78 is 43.6. The molecule has 0 bridgehead atoms. The smallest absolute Gasteiger partial charge is 0.378 e. The van der Waals surface area contributed by atoms with Crippen LogP contribution in [-0.4, -0.2) is 38.8 Å². The Morgan fingerprint density at radius 3 is 2.73 bits per heavy atom. The highest BCUT2D eigenvalue weighted by Crippen LogP contribution is 2.15. The third-order valence-corrected chi connectivity index (χ3v) is 2.21. The molecule has 1 N–H and O–H groups in total. The van der Waals surface area contributed by atoms with Gasteiger partial charge in [-0.05, 0) is 25.8 Å². The standard InChI is InChI=1S/C9H16F3NO2/c10-9(11,12)15-7-5-13-4-3-8-2-1-6-14-8/h8,13H,1-7H2. The maximum atomic E-state index is 11.5. The lowest BCUT2D eigenvalue weighted by Gasteiger charge is -2.10. The molecule has 6 heteroatoms. The van der Waals surface area contributed by atoms with Gasteiger partial charge in [0.25, 0.3) is 0 Å². The number of ether oxygens (including phenoxy) is 2. The van der Waals surface area contributed by atoms with E-state index in [4.69, 9.17) is 4.74 Å². The first kappa shape index (κ1) is 12.7. The summed E-state index contributed by atoms with van der Waals surface area (Å²) in [4.78, 5) is 0.